The zero-order valence-electron chi connectivity index (χ0n) is 10.3. The summed E-state index contributed by atoms with van der Waals surface area (Å²) >= 11 is 5.89. The van der Waals surface area contributed by atoms with Crippen molar-refractivity contribution in [2.24, 2.45) is 0 Å². The van der Waals surface area contributed by atoms with Crippen LogP contribution < -0.4 is 4.74 Å². The summed E-state index contributed by atoms with van der Waals surface area (Å²) in [5, 5.41) is 7.38. The Labute approximate surface area is 118 Å². The van der Waals surface area contributed by atoms with Crippen LogP contribution in [-0.4, -0.2) is 23.5 Å². The third-order valence-electron chi connectivity index (χ3n) is 2.33. The lowest BCUT2D eigenvalue weighted by Crippen LogP contribution is -2.10. The number of ether oxygens (including phenoxy) is 1. The van der Waals surface area contributed by atoms with Crippen LogP contribution in [0.5, 0.6) is 5.75 Å². The molecule has 1 aromatic rings. The molecule has 0 spiro atoms. The fourth-order valence-corrected chi connectivity index (χ4v) is 1.77. The first-order valence-electron chi connectivity index (χ1n) is 5.46. The first-order chi connectivity index (χ1) is 9.32. The number of halogens is 3. The lowest BCUT2D eigenvalue weighted by molar-refractivity contribution is -0.131. The maximum absolute atomic E-state index is 12.3. The van der Waals surface area contributed by atoms with Crippen molar-refractivity contribution in [1.82, 2.24) is 0 Å². The highest BCUT2D eigenvalue weighted by Crippen LogP contribution is 2.35. The van der Waals surface area contributed by atoms with Crippen LogP contribution >= 0.6 is 11.6 Å². The standard InChI is InChI=1S/C13H11ClF2O4/c1-7(17)12(14)11-8(5-6-10(18)19)3-2-4-9(11)20-13(15)16/h2-6,12-13H,1H3,(H,18,19). The summed E-state index contributed by atoms with van der Waals surface area (Å²) in [7, 11) is 0. The maximum Gasteiger partial charge on any atom is 0.387 e. The molecule has 0 aliphatic heterocycles. The molecule has 7 heteroatoms. The summed E-state index contributed by atoms with van der Waals surface area (Å²) in [4.78, 5) is 21.9. The van der Waals surface area contributed by atoms with Gasteiger partial charge in [-0.25, -0.2) is 4.79 Å². The van der Waals surface area contributed by atoms with E-state index in [0.29, 0.717) is 0 Å². The van der Waals surface area contributed by atoms with Gasteiger partial charge in [0.2, 0.25) is 0 Å². The third-order valence-corrected chi connectivity index (χ3v) is 2.86. The molecule has 0 aliphatic carbocycles. The van der Waals surface area contributed by atoms with E-state index < -0.39 is 23.7 Å². The van der Waals surface area contributed by atoms with E-state index in [-0.39, 0.29) is 16.9 Å². The molecule has 0 saturated carbocycles. The molecule has 0 heterocycles. The number of carboxylic acids is 1. The molecule has 0 aromatic heterocycles. The molecule has 1 rings (SSSR count). The molecular formula is C13H11ClF2O4. The lowest BCUT2D eigenvalue weighted by Gasteiger charge is -2.16. The molecule has 108 valence electrons. The fraction of sp³-hybridized carbons (Fsp3) is 0.231. The van der Waals surface area contributed by atoms with Crippen molar-refractivity contribution in [3.05, 3.63) is 35.4 Å². The van der Waals surface area contributed by atoms with Crippen molar-refractivity contribution in [3.8, 4) is 5.75 Å². The van der Waals surface area contributed by atoms with E-state index in [0.717, 1.165) is 12.2 Å². The van der Waals surface area contributed by atoms with Gasteiger partial charge in [0.25, 0.3) is 0 Å². The smallest absolute Gasteiger partial charge is 0.387 e. The summed E-state index contributed by atoms with van der Waals surface area (Å²) in [5.74, 6) is -1.95. The average molecular weight is 305 g/mol. The molecule has 0 bridgehead atoms. The van der Waals surface area contributed by atoms with Crippen LogP contribution in [0.25, 0.3) is 6.08 Å². The molecule has 1 atom stereocenters. The van der Waals surface area contributed by atoms with Crippen molar-refractivity contribution < 1.29 is 28.2 Å². The SMILES string of the molecule is CC(=O)C(Cl)c1c(C=CC(=O)O)cccc1OC(F)F. The van der Waals surface area contributed by atoms with Gasteiger partial charge in [0, 0.05) is 11.6 Å². The minimum Gasteiger partial charge on any atom is -0.478 e. The number of hydrogen-bond donors (Lipinski definition) is 1. The number of aliphatic carboxylic acids is 1. The van der Waals surface area contributed by atoms with Gasteiger partial charge in [0.1, 0.15) is 11.1 Å². The van der Waals surface area contributed by atoms with Gasteiger partial charge < -0.3 is 9.84 Å². The molecule has 0 fully saturated rings. The van der Waals surface area contributed by atoms with Crippen molar-refractivity contribution in [2.75, 3.05) is 0 Å². The predicted molar refractivity (Wildman–Crippen MR) is 69.0 cm³/mol. The van der Waals surface area contributed by atoms with E-state index >= 15 is 0 Å². The van der Waals surface area contributed by atoms with E-state index in [9.17, 15) is 18.4 Å². The molecule has 0 aliphatic rings. The van der Waals surface area contributed by atoms with Crippen molar-refractivity contribution >= 4 is 29.4 Å². The number of ketones is 1. The summed E-state index contributed by atoms with van der Waals surface area (Å²) in [5.41, 5.74) is 0.236. The topological polar surface area (TPSA) is 63.6 Å². The van der Waals surface area contributed by atoms with E-state index in [1.807, 2.05) is 0 Å². The Morgan fingerprint density at radius 2 is 2.05 bits per heavy atom. The van der Waals surface area contributed by atoms with Gasteiger partial charge in [-0.05, 0) is 24.6 Å². The summed E-state index contributed by atoms with van der Waals surface area (Å²) in [6.07, 6.45) is 1.98. The number of carboxylic acid groups (broad SMARTS) is 1. The molecule has 20 heavy (non-hydrogen) atoms. The minimum absolute atomic E-state index is 0.0134. The first kappa shape index (κ1) is 16.1. The molecule has 0 radical (unpaired) electrons. The lowest BCUT2D eigenvalue weighted by atomic mass is 10.0. The van der Waals surface area contributed by atoms with Gasteiger partial charge in [-0.15, -0.1) is 11.6 Å². The highest BCUT2D eigenvalue weighted by Gasteiger charge is 2.22. The molecule has 0 saturated heterocycles. The average Bonchev–Trinajstić information content (AvgIpc) is 2.34. The number of carbonyl (C=O) groups is 2. The Morgan fingerprint density at radius 3 is 2.55 bits per heavy atom. The summed E-state index contributed by atoms with van der Waals surface area (Å²) in [6.45, 7) is -1.88. The number of hydrogen-bond acceptors (Lipinski definition) is 3. The number of carbonyl (C=O) groups excluding carboxylic acids is 1. The number of Topliss-reactive ketones (excluding diaryl/α,β-unsaturated/α-hetero) is 1. The maximum atomic E-state index is 12.3. The highest BCUT2D eigenvalue weighted by molar-refractivity contribution is 6.31. The number of alkyl halides is 3. The van der Waals surface area contributed by atoms with E-state index in [1.54, 1.807) is 0 Å². The van der Waals surface area contributed by atoms with Crippen LogP contribution in [0.15, 0.2) is 24.3 Å². The zero-order valence-corrected chi connectivity index (χ0v) is 11.1. The van der Waals surface area contributed by atoms with Crippen LogP contribution in [0.2, 0.25) is 0 Å². The quantitative estimate of drug-likeness (QED) is 0.647. The Kier molecular flexibility index (Phi) is 5.64. The Hall–Kier alpha value is -1.95. The Balaban J connectivity index is 3.35. The van der Waals surface area contributed by atoms with Crippen LogP contribution in [0, 0.1) is 0 Å². The fourth-order valence-electron chi connectivity index (χ4n) is 1.54. The number of rotatable bonds is 6. The van der Waals surface area contributed by atoms with Crippen molar-refractivity contribution in [1.29, 1.82) is 0 Å². The van der Waals surface area contributed by atoms with Gasteiger partial charge >= 0.3 is 12.6 Å². The molecule has 0 amide bonds. The monoisotopic (exact) mass is 304 g/mol. The highest BCUT2D eigenvalue weighted by atomic mass is 35.5. The van der Waals surface area contributed by atoms with Crippen LogP contribution in [0.4, 0.5) is 8.78 Å². The summed E-state index contributed by atoms with van der Waals surface area (Å²) < 4.78 is 29.0. The van der Waals surface area contributed by atoms with Crippen LogP contribution in [0.3, 0.4) is 0 Å². The normalized spacial score (nSPS) is 12.7. The summed E-state index contributed by atoms with van der Waals surface area (Å²) in [6, 6.07) is 4.08. The second-order valence-corrected chi connectivity index (χ2v) is 4.22. The molecule has 1 aromatic carbocycles. The minimum atomic E-state index is -3.08. The second-order valence-electron chi connectivity index (χ2n) is 3.78. The molecular weight excluding hydrogens is 294 g/mol. The largest absolute Gasteiger partial charge is 0.478 e. The predicted octanol–water partition coefficient (Wildman–Crippen LogP) is 3.25. The molecule has 1 N–H and O–H groups in total. The van der Waals surface area contributed by atoms with Crippen molar-refractivity contribution in [2.45, 2.75) is 18.9 Å². The van der Waals surface area contributed by atoms with Gasteiger partial charge in [0.15, 0.2) is 5.78 Å². The number of benzene rings is 1. The Morgan fingerprint density at radius 1 is 1.40 bits per heavy atom. The first-order valence-corrected chi connectivity index (χ1v) is 5.89. The van der Waals surface area contributed by atoms with Crippen LogP contribution in [0.1, 0.15) is 23.4 Å². The van der Waals surface area contributed by atoms with Gasteiger partial charge in [-0.3, -0.25) is 4.79 Å². The van der Waals surface area contributed by atoms with Gasteiger partial charge in [0.05, 0.1) is 0 Å². The third kappa shape index (κ3) is 4.31. The van der Waals surface area contributed by atoms with Gasteiger partial charge in [-0.1, -0.05) is 12.1 Å². The Bertz CT molecular complexity index is 543. The van der Waals surface area contributed by atoms with E-state index in [1.165, 1.54) is 25.1 Å². The van der Waals surface area contributed by atoms with Crippen LogP contribution in [-0.2, 0) is 9.59 Å². The van der Waals surface area contributed by atoms with Crippen molar-refractivity contribution in [3.63, 3.8) is 0 Å². The second kappa shape index (κ2) is 7.00. The van der Waals surface area contributed by atoms with E-state index in [2.05, 4.69) is 4.74 Å². The van der Waals surface area contributed by atoms with E-state index in [4.69, 9.17) is 16.7 Å². The van der Waals surface area contributed by atoms with Gasteiger partial charge in [-0.2, -0.15) is 8.78 Å². The molecule has 1 unspecified atom stereocenters. The zero-order chi connectivity index (χ0) is 15.3. The molecule has 4 nitrogen and oxygen atoms in total.